The van der Waals surface area contributed by atoms with Crippen LogP contribution in [0.1, 0.15) is 5.56 Å². The highest BCUT2D eigenvalue weighted by atomic mass is 35.5. The molecule has 0 saturated heterocycles. The van der Waals surface area contributed by atoms with Crippen molar-refractivity contribution >= 4 is 23.6 Å². The van der Waals surface area contributed by atoms with Gasteiger partial charge in [-0.2, -0.15) is 0 Å². The number of rotatable bonds is 2. The van der Waals surface area contributed by atoms with Crippen LogP contribution in [-0.2, 0) is 5.88 Å². The summed E-state index contributed by atoms with van der Waals surface area (Å²) in [5.74, 6) is 0.524. The lowest BCUT2D eigenvalue weighted by atomic mass is 10.2. The van der Waals surface area contributed by atoms with E-state index in [1.807, 2.05) is 24.3 Å². The van der Waals surface area contributed by atoms with E-state index < -0.39 is 0 Å². The van der Waals surface area contributed by atoms with Crippen LogP contribution in [0.2, 0.25) is 0 Å². The predicted octanol–water partition coefficient (Wildman–Crippen LogP) is 2.99. The van der Waals surface area contributed by atoms with Gasteiger partial charge in [0.2, 0.25) is 0 Å². The Labute approximate surface area is 69.2 Å². The first kappa shape index (κ1) is 7.92. The Bertz CT molecular complexity index is 174. The molecule has 1 N–H and O–H groups in total. The Morgan fingerprint density at radius 2 is 1.90 bits per heavy atom. The van der Waals surface area contributed by atoms with Crippen molar-refractivity contribution in [2.45, 2.75) is 10.8 Å². The maximum Gasteiger partial charge on any atom is 0.0474 e. The van der Waals surface area contributed by atoms with Crippen LogP contribution in [0.3, 0.4) is 0 Å². The van der Waals surface area contributed by atoms with Gasteiger partial charge in [0, 0.05) is 22.8 Å². The summed E-state index contributed by atoms with van der Waals surface area (Å²) in [7, 11) is 0. The number of benzene rings is 1. The number of halogens is 1. The Balaban J connectivity index is 2.80. The summed E-state index contributed by atoms with van der Waals surface area (Å²) >= 11 is 6.30. The molecule has 1 nitrogen and oxygen atoms in total. The van der Waals surface area contributed by atoms with E-state index in [1.165, 1.54) is 0 Å². The van der Waals surface area contributed by atoms with Crippen molar-refractivity contribution in [2.75, 3.05) is 0 Å². The minimum Gasteiger partial charge on any atom is -0.325 e. The molecule has 54 valence electrons. The van der Waals surface area contributed by atoms with Gasteiger partial charge in [0.25, 0.3) is 0 Å². The van der Waals surface area contributed by atoms with Gasteiger partial charge >= 0.3 is 0 Å². The van der Waals surface area contributed by atoms with Gasteiger partial charge in [-0.15, -0.1) is 11.6 Å². The quantitative estimate of drug-likeness (QED) is 0.550. The SMILES string of the molecule is OSc1ccc(CCl)cc1. The fourth-order valence-electron chi connectivity index (χ4n) is 0.639. The van der Waals surface area contributed by atoms with Crippen molar-refractivity contribution < 1.29 is 4.55 Å². The van der Waals surface area contributed by atoms with Gasteiger partial charge in [0.1, 0.15) is 0 Å². The third-order valence-electron chi connectivity index (χ3n) is 1.18. The minimum atomic E-state index is 0.524. The highest BCUT2D eigenvalue weighted by molar-refractivity contribution is 7.93. The van der Waals surface area contributed by atoms with Crippen molar-refractivity contribution in [3.05, 3.63) is 29.8 Å². The summed E-state index contributed by atoms with van der Waals surface area (Å²) in [5.41, 5.74) is 1.07. The van der Waals surface area contributed by atoms with Crippen LogP contribution in [0, 0.1) is 0 Å². The molecule has 0 aliphatic rings. The molecule has 0 fully saturated rings. The Morgan fingerprint density at radius 1 is 1.30 bits per heavy atom. The predicted molar refractivity (Wildman–Crippen MR) is 44.5 cm³/mol. The van der Waals surface area contributed by atoms with E-state index in [0.717, 1.165) is 22.5 Å². The summed E-state index contributed by atoms with van der Waals surface area (Å²) in [6, 6.07) is 7.46. The van der Waals surface area contributed by atoms with Crippen molar-refractivity contribution in [1.82, 2.24) is 0 Å². The zero-order valence-electron chi connectivity index (χ0n) is 5.25. The maximum atomic E-state index is 8.58. The van der Waals surface area contributed by atoms with E-state index in [0.29, 0.717) is 5.88 Å². The summed E-state index contributed by atoms with van der Waals surface area (Å²) in [5, 5.41) is 0. The molecule has 10 heavy (non-hydrogen) atoms. The van der Waals surface area contributed by atoms with Crippen LogP contribution >= 0.6 is 23.6 Å². The van der Waals surface area contributed by atoms with Crippen LogP contribution in [0.15, 0.2) is 29.2 Å². The van der Waals surface area contributed by atoms with Gasteiger partial charge in [0.05, 0.1) is 0 Å². The molecule has 0 aliphatic heterocycles. The van der Waals surface area contributed by atoms with Crippen LogP contribution in [0.5, 0.6) is 0 Å². The average Bonchev–Trinajstić information content (AvgIpc) is 2.05. The molecule has 0 aromatic heterocycles. The molecular formula is C7H7ClOS. The van der Waals surface area contributed by atoms with E-state index >= 15 is 0 Å². The molecule has 0 bridgehead atoms. The highest BCUT2D eigenvalue weighted by Crippen LogP contribution is 2.14. The van der Waals surface area contributed by atoms with E-state index in [9.17, 15) is 0 Å². The molecule has 0 saturated carbocycles. The lowest BCUT2D eigenvalue weighted by molar-refractivity contribution is 0.664. The summed E-state index contributed by atoms with van der Waals surface area (Å²) in [4.78, 5) is 0.842. The molecule has 1 aromatic carbocycles. The van der Waals surface area contributed by atoms with Crippen molar-refractivity contribution in [1.29, 1.82) is 0 Å². The molecule has 0 unspecified atom stereocenters. The Kier molecular flexibility index (Phi) is 3.06. The third kappa shape index (κ3) is 1.90. The maximum absolute atomic E-state index is 8.58. The first-order chi connectivity index (χ1) is 4.86. The first-order valence-corrected chi connectivity index (χ1v) is 4.14. The molecule has 0 atom stereocenters. The molecule has 0 aliphatic carbocycles. The smallest absolute Gasteiger partial charge is 0.0474 e. The summed E-state index contributed by atoms with van der Waals surface area (Å²) in [6.07, 6.45) is 0. The second-order valence-electron chi connectivity index (χ2n) is 1.87. The van der Waals surface area contributed by atoms with Gasteiger partial charge in [-0.05, 0) is 17.7 Å². The summed E-state index contributed by atoms with van der Waals surface area (Å²) in [6.45, 7) is 0. The summed E-state index contributed by atoms with van der Waals surface area (Å²) < 4.78 is 8.58. The van der Waals surface area contributed by atoms with E-state index in [4.69, 9.17) is 16.2 Å². The van der Waals surface area contributed by atoms with E-state index in [1.54, 1.807) is 0 Å². The minimum absolute atomic E-state index is 0.524. The number of hydrogen-bond acceptors (Lipinski definition) is 2. The van der Waals surface area contributed by atoms with E-state index in [2.05, 4.69) is 0 Å². The number of alkyl halides is 1. The van der Waals surface area contributed by atoms with Gasteiger partial charge in [-0.3, -0.25) is 0 Å². The third-order valence-corrected chi connectivity index (χ3v) is 1.97. The number of hydrogen-bond donors (Lipinski definition) is 1. The molecule has 0 radical (unpaired) electrons. The molecule has 0 spiro atoms. The van der Waals surface area contributed by atoms with Crippen LogP contribution in [0.25, 0.3) is 0 Å². The second kappa shape index (κ2) is 3.86. The molecule has 0 amide bonds. The molecule has 1 aromatic rings. The van der Waals surface area contributed by atoms with Gasteiger partial charge in [0.15, 0.2) is 0 Å². The Morgan fingerprint density at radius 3 is 2.30 bits per heavy atom. The van der Waals surface area contributed by atoms with Crippen molar-refractivity contribution in [3.63, 3.8) is 0 Å². The van der Waals surface area contributed by atoms with Crippen LogP contribution in [-0.4, -0.2) is 4.55 Å². The van der Waals surface area contributed by atoms with Crippen LogP contribution < -0.4 is 0 Å². The zero-order valence-corrected chi connectivity index (χ0v) is 6.82. The second-order valence-corrected chi connectivity index (χ2v) is 2.79. The van der Waals surface area contributed by atoms with Crippen molar-refractivity contribution in [3.8, 4) is 0 Å². The van der Waals surface area contributed by atoms with Gasteiger partial charge in [-0.1, -0.05) is 12.1 Å². The lowest BCUT2D eigenvalue weighted by Crippen LogP contribution is -1.75. The van der Waals surface area contributed by atoms with Crippen LogP contribution in [0.4, 0.5) is 0 Å². The molecular weight excluding hydrogens is 168 g/mol. The lowest BCUT2D eigenvalue weighted by Gasteiger charge is -1.95. The highest BCUT2D eigenvalue weighted by Gasteiger charge is 1.90. The molecule has 3 heteroatoms. The van der Waals surface area contributed by atoms with E-state index in [-0.39, 0.29) is 0 Å². The normalized spacial score (nSPS) is 9.80. The van der Waals surface area contributed by atoms with Crippen molar-refractivity contribution in [2.24, 2.45) is 0 Å². The topological polar surface area (TPSA) is 20.2 Å². The van der Waals surface area contributed by atoms with Gasteiger partial charge < -0.3 is 4.55 Å². The fourth-order valence-corrected chi connectivity index (χ4v) is 1.08. The molecule has 1 rings (SSSR count). The zero-order chi connectivity index (χ0) is 7.40. The monoisotopic (exact) mass is 174 g/mol. The average molecular weight is 175 g/mol. The largest absolute Gasteiger partial charge is 0.325 e. The Hall–Kier alpha value is -0.180. The van der Waals surface area contributed by atoms with Gasteiger partial charge in [-0.25, -0.2) is 0 Å². The first-order valence-electron chi connectivity index (χ1n) is 2.83. The standard InChI is InChI=1S/C7H7ClOS/c8-5-6-1-3-7(10-9)4-2-6/h1-4,9H,5H2. The molecule has 0 heterocycles. The fraction of sp³-hybridized carbons (Fsp3) is 0.143.